The Balaban J connectivity index is 1.19. The van der Waals surface area contributed by atoms with E-state index >= 15 is 0 Å². The lowest BCUT2D eigenvalue weighted by Crippen LogP contribution is -2.04. The highest BCUT2D eigenvalue weighted by Gasteiger charge is 2.23. The van der Waals surface area contributed by atoms with E-state index in [-0.39, 0.29) is 0 Å². The third-order valence-electron chi connectivity index (χ3n) is 13.6. The van der Waals surface area contributed by atoms with Crippen molar-refractivity contribution in [1.82, 2.24) is 14.1 Å². The molecule has 0 amide bonds. The van der Waals surface area contributed by atoms with Crippen molar-refractivity contribution in [3.63, 3.8) is 0 Å². The summed E-state index contributed by atoms with van der Waals surface area (Å²) in [5.41, 5.74) is 15.2. The zero-order valence-corrected chi connectivity index (χ0v) is 38.2. The van der Waals surface area contributed by atoms with Crippen LogP contribution in [0, 0.1) is 47.1 Å². The molecule has 0 atom stereocenters. The SMILES string of the molecule is [C-]#[N+]c1ccccc1-c1ccc2c3ccc(-c4ccccc4C#N)cc3n(-c3cc(-c4cccc(C#N)c4)c(-n4c5cc(-c6ccccc6C#N)ccc5c5ccc(-c6ccccc6[N+]#[C-])cc54)cn3)c2c1. The highest BCUT2D eigenvalue weighted by atomic mass is 15.1. The maximum absolute atomic E-state index is 10.3. The Morgan fingerprint density at radius 3 is 1.25 bits per heavy atom. The lowest BCUT2D eigenvalue weighted by Gasteiger charge is -2.17. The highest BCUT2D eigenvalue weighted by molar-refractivity contribution is 6.13. The first-order valence-electron chi connectivity index (χ1n) is 23.1. The van der Waals surface area contributed by atoms with Gasteiger partial charge in [-0.15, -0.1) is 0 Å². The van der Waals surface area contributed by atoms with Crippen LogP contribution in [0.4, 0.5) is 11.4 Å². The van der Waals surface area contributed by atoms with E-state index in [0.29, 0.717) is 33.9 Å². The van der Waals surface area contributed by atoms with Crippen molar-refractivity contribution in [1.29, 1.82) is 15.8 Å². The standard InChI is InChI=1S/C64H34N8/c1-68-57-20-9-7-18-50(57)44-24-28-53-52-26-22-42(48-16-5-3-13-46(48)37-66)31-59(52)71(60(53)33-44)63-39-70-64(35-56(63)41-15-11-12-40(30-41)36-65)72-61-32-43(49-17-6-4-14-47(49)38-67)23-27-54(61)55-29-25-45(34-62(55)72)51-19-8-10-21-58(51)69-2/h3-35,39H. The Hall–Kier alpha value is -10.8. The summed E-state index contributed by atoms with van der Waals surface area (Å²) < 4.78 is 4.36. The number of pyridine rings is 1. The zero-order chi connectivity index (χ0) is 48.9. The molecule has 12 aromatic rings. The molecular formula is C64H34N8. The molecule has 0 spiro atoms. The molecular weight excluding hydrogens is 881 g/mol. The van der Waals surface area contributed by atoms with Crippen molar-refractivity contribution < 1.29 is 0 Å². The summed E-state index contributed by atoms with van der Waals surface area (Å²) in [4.78, 5) is 13.1. The molecule has 0 saturated heterocycles. The Morgan fingerprint density at radius 2 is 0.792 bits per heavy atom. The third-order valence-corrected chi connectivity index (χ3v) is 13.6. The van der Waals surface area contributed by atoms with E-state index in [0.717, 1.165) is 105 Å². The molecule has 0 aliphatic heterocycles. The normalized spacial score (nSPS) is 11.0. The number of rotatable bonds is 7. The van der Waals surface area contributed by atoms with Crippen LogP contribution in [0.1, 0.15) is 16.7 Å². The fourth-order valence-electron chi connectivity index (χ4n) is 10.2. The summed E-state index contributed by atoms with van der Waals surface area (Å²) in [6, 6.07) is 72.3. The van der Waals surface area contributed by atoms with Gasteiger partial charge in [-0.25, -0.2) is 14.7 Å². The monoisotopic (exact) mass is 914 g/mol. The first-order valence-corrected chi connectivity index (χ1v) is 23.1. The van der Waals surface area contributed by atoms with Crippen LogP contribution in [0.25, 0.3) is 120 Å². The van der Waals surface area contributed by atoms with Crippen LogP contribution >= 0.6 is 0 Å². The van der Waals surface area contributed by atoms with Crippen molar-refractivity contribution in [3.05, 3.63) is 246 Å². The van der Waals surface area contributed by atoms with Gasteiger partial charge in [0.15, 0.2) is 11.4 Å². The molecule has 0 unspecified atom stereocenters. The van der Waals surface area contributed by atoms with Gasteiger partial charge in [0.1, 0.15) is 5.82 Å². The predicted molar refractivity (Wildman–Crippen MR) is 287 cm³/mol. The maximum atomic E-state index is 10.3. The van der Waals surface area contributed by atoms with Crippen molar-refractivity contribution in [2.24, 2.45) is 0 Å². The van der Waals surface area contributed by atoms with E-state index in [9.17, 15) is 15.8 Å². The van der Waals surface area contributed by atoms with Gasteiger partial charge in [0.25, 0.3) is 0 Å². The third kappa shape index (κ3) is 6.92. The Bertz CT molecular complexity index is 4250. The number of nitrogens with zero attached hydrogens (tertiary/aromatic N) is 8. The molecule has 0 radical (unpaired) electrons. The minimum atomic E-state index is 0.494. The quantitative estimate of drug-likeness (QED) is 0.149. The molecule has 12 rings (SSSR count). The van der Waals surface area contributed by atoms with Gasteiger partial charge in [0.05, 0.1) is 82.0 Å². The molecule has 0 aliphatic rings. The molecule has 0 fully saturated rings. The van der Waals surface area contributed by atoms with Gasteiger partial charge in [-0.2, -0.15) is 15.8 Å². The predicted octanol–water partition coefficient (Wildman–Crippen LogP) is 16.3. The van der Waals surface area contributed by atoms with Gasteiger partial charge in [0.2, 0.25) is 0 Å². The fourth-order valence-corrected chi connectivity index (χ4v) is 10.2. The largest absolute Gasteiger partial charge is 0.307 e. The van der Waals surface area contributed by atoms with Gasteiger partial charge in [-0.3, -0.25) is 4.57 Å². The molecule has 0 N–H and O–H groups in total. The van der Waals surface area contributed by atoms with E-state index < -0.39 is 0 Å². The number of nitriles is 3. The van der Waals surface area contributed by atoms with Crippen molar-refractivity contribution >= 4 is 55.0 Å². The Morgan fingerprint density at radius 1 is 0.375 bits per heavy atom. The summed E-state index contributed by atoms with van der Waals surface area (Å²) in [6.07, 6.45) is 1.89. The Kier molecular flexibility index (Phi) is 10.3. The zero-order valence-electron chi connectivity index (χ0n) is 38.2. The first-order chi connectivity index (χ1) is 35.5. The minimum absolute atomic E-state index is 0.494. The molecule has 8 heteroatoms. The second-order valence-electron chi connectivity index (χ2n) is 17.4. The first kappa shape index (κ1) is 42.5. The molecule has 3 heterocycles. The molecule has 3 aromatic heterocycles. The summed E-state index contributed by atoms with van der Waals surface area (Å²) in [5, 5.41) is 34.6. The molecule has 0 aliphatic carbocycles. The number of aromatic nitrogens is 3. The molecule has 8 nitrogen and oxygen atoms in total. The average molecular weight is 915 g/mol. The number of benzene rings is 9. The lowest BCUT2D eigenvalue weighted by molar-refractivity contribution is 1.06. The molecule has 9 aromatic carbocycles. The van der Waals surface area contributed by atoms with Gasteiger partial charge in [-0.1, -0.05) is 146 Å². The summed E-state index contributed by atoms with van der Waals surface area (Å²) in [6.45, 7) is 16.0. The summed E-state index contributed by atoms with van der Waals surface area (Å²) in [7, 11) is 0. The number of hydrogen-bond acceptors (Lipinski definition) is 4. The maximum Gasteiger partial charge on any atom is 0.194 e. The summed E-state index contributed by atoms with van der Waals surface area (Å²) >= 11 is 0. The van der Waals surface area contributed by atoms with E-state index in [4.69, 9.17) is 18.1 Å². The van der Waals surface area contributed by atoms with Crippen LogP contribution in [0.3, 0.4) is 0 Å². The summed E-state index contributed by atoms with van der Waals surface area (Å²) in [5.74, 6) is 0.605. The van der Waals surface area contributed by atoms with Gasteiger partial charge >= 0.3 is 0 Å². The van der Waals surface area contributed by atoms with Crippen LogP contribution in [0.15, 0.2) is 206 Å². The topological polar surface area (TPSA) is 103 Å². The average Bonchev–Trinajstić information content (AvgIpc) is 3.95. The van der Waals surface area contributed by atoms with E-state index in [1.807, 2.05) is 121 Å². The van der Waals surface area contributed by atoms with Crippen LogP contribution in [-0.4, -0.2) is 14.1 Å². The van der Waals surface area contributed by atoms with Crippen molar-refractivity contribution in [2.75, 3.05) is 0 Å². The van der Waals surface area contributed by atoms with Gasteiger partial charge in [0, 0.05) is 27.1 Å². The number of para-hydroxylation sites is 2. The smallest absolute Gasteiger partial charge is 0.194 e. The van der Waals surface area contributed by atoms with Crippen molar-refractivity contribution in [3.8, 4) is 85.3 Å². The number of fused-ring (bicyclic) bond motifs is 6. The fraction of sp³-hybridized carbons (Fsp3) is 0. The van der Waals surface area contributed by atoms with Crippen LogP contribution < -0.4 is 0 Å². The second kappa shape index (κ2) is 17.4. The number of hydrogen-bond donors (Lipinski definition) is 0. The molecule has 0 bridgehead atoms. The molecule has 330 valence electrons. The van der Waals surface area contributed by atoms with E-state index in [1.165, 1.54) is 0 Å². The lowest BCUT2D eigenvalue weighted by atomic mass is 9.98. The molecule has 0 saturated carbocycles. The van der Waals surface area contributed by atoms with Crippen LogP contribution in [-0.2, 0) is 0 Å². The van der Waals surface area contributed by atoms with Gasteiger partial charge < -0.3 is 4.57 Å². The minimum Gasteiger partial charge on any atom is -0.307 e. The van der Waals surface area contributed by atoms with E-state index in [2.05, 4.69) is 116 Å². The van der Waals surface area contributed by atoms with Crippen molar-refractivity contribution in [2.45, 2.75) is 0 Å². The van der Waals surface area contributed by atoms with E-state index in [1.54, 1.807) is 6.07 Å². The van der Waals surface area contributed by atoms with Crippen LogP contribution in [0.5, 0.6) is 0 Å². The highest BCUT2D eigenvalue weighted by Crippen LogP contribution is 2.44. The second-order valence-corrected chi connectivity index (χ2v) is 17.4. The van der Waals surface area contributed by atoms with Crippen LogP contribution in [0.2, 0.25) is 0 Å². The van der Waals surface area contributed by atoms with Gasteiger partial charge in [-0.05, 0) is 105 Å². The Labute approximate surface area is 414 Å². The molecule has 72 heavy (non-hydrogen) atoms.